The summed E-state index contributed by atoms with van der Waals surface area (Å²) in [4.78, 5) is 68.4. The standard InChI is InChI=1S/C39H46N6O8/c1-38(2,3)52-36(50)45(37(51)53-39(4,5)6)34-30-16-15-29(21-27(30)18-19-41-34)44-33(35(49)43-22-25-8-7-9-28(40)20-25)26-13-10-24(11-14-26)12-17-31(46)42-23-32(47)48/h7-11,13-16,18-21,33,44H,12,17,22-23,40H2,1-6H3,(H,42,46)(H,43,49)(H,47,48). The Bertz CT molecular complexity index is 1940. The van der Waals surface area contributed by atoms with Gasteiger partial charge in [0.1, 0.15) is 23.8 Å². The number of hydrogen-bond acceptors (Lipinski definition) is 10. The van der Waals surface area contributed by atoms with Gasteiger partial charge in [-0.1, -0.05) is 36.4 Å². The molecule has 14 nitrogen and oxygen atoms in total. The molecule has 1 unspecified atom stereocenters. The molecule has 1 aromatic heterocycles. The zero-order chi connectivity index (χ0) is 38.9. The van der Waals surface area contributed by atoms with Crippen molar-refractivity contribution in [2.24, 2.45) is 0 Å². The molecule has 3 aromatic carbocycles. The van der Waals surface area contributed by atoms with Crippen LogP contribution in [-0.2, 0) is 36.8 Å². The number of hydrogen-bond donors (Lipinski definition) is 5. The Hall–Kier alpha value is -6.18. The van der Waals surface area contributed by atoms with Crippen LogP contribution in [0.5, 0.6) is 0 Å². The maximum Gasteiger partial charge on any atom is 0.425 e. The van der Waals surface area contributed by atoms with E-state index in [9.17, 15) is 24.0 Å². The fourth-order valence-corrected chi connectivity index (χ4v) is 5.15. The molecule has 0 aliphatic heterocycles. The number of carboxylic acids is 1. The zero-order valence-electron chi connectivity index (χ0n) is 30.7. The number of nitrogens with zero attached hydrogens (tertiary/aromatic N) is 2. The molecular weight excluding hydrogens is 680 g/mol. The number of carbonyl (C=O) groups excluding carboxylic acids is 4. The van der Waals surface area contributed by atoms with Crippen LogP contribution in [0.4, 0.5) is 26.8 Å². The number of aliphatic carboxylic acids is 1. The monoisotopic (exact) mass is 726 g/mol. The molecular formula is C39H46N6O8. The number of carboxylic acid groups (broad SMARTS) is 1. The first-order valence-corrected chi connectivity index (χ1v) is 17.0. The van der Waals surface area contributed by atoms with Crippen LogP contribution in [-0.4, -0.2) is 57.8 Å². The van der Waals surface area contributed by atoms with Crippen LogP contribution < -0.4 is 26.6 Å². The number of aromatic nitrogens is 1. The Morgan fingerprint density at radius 3 is 2.09 bits per heavy atom. The largest absolute Gasteiger partial charge is 0.480 e. The van der Waals surface area contributed by atoms with Gasteiger partial charge in [-0.15, -0.1) is 0 Å². The van der Waals surface area contributed by atoms with Crippen LogP contribution in [0.1, 0.15) is 70.7 Å². The SMILES string of the molecule is CC(C)(C)OC(=O)N(C(=O)OC(C)(C)C)c1nccc2cc(NC(C(=O)NCc3cccc(N)c3)c3ccc(CCC(=O)NCC(=O)O)cc3)ccc12. The van der Waals surface area contributed by atoms with Crippen LogP contribution in [0.15, 0.2) is 79.0 Å². The minimum Gasteiger partial charge on any atom is -0.480 e. The Labute approximate surface area is 308 Å². The van der Waals surface area contributed by atoms with Crippen molar-refractivity contribution in [2.75, 3.05) is 22.5 Å². The van der Waals surface area contributed by atoms with Gasteiger partial charge < -0.3 is 36.3 Å². The molecule has 14 heteroatoms. The fraction of sp³-hybridized carbons (Fsp3) is 0.333. The second kappa shape index (κ2) is 16.9. The van der Waals surface area contributed by atoms with Gasteiger partial charge in [0.25, 0.3) is 0 Å². The highest BCUT2D eigenvalue weighted by Gasteiger charge is 2.34. The number of pyridine rings is 1. The van der Waals surface area contributed by atoms with E-state index in [4.69, 9.17) is 20.3 Å². The Kier molecular flexibility index (Phi) is 12.6. The quantitative estimate of drug-likeness (QED) is 0.106. The third kappa shape index (κ3) is 11.9. The van der Waals surface area contributed by atoms with E-state index in [1.807, 2.05) is 6.07 Å². The molecule has 0 saturated heterocycles. The number of imide groups is 1. The van der Waals surface area contributed by atoms with Crippen molar-refractivity contribution in [2.45, 2.75) is 78.2 Å². The molecule has 4 aromatic rings. The number of nitrogens with one attached hydrogen (secondary N) is 3. The van der Waals surface area contributed by atoms with Crippen molar-refractivity contribution in [1.29, 1.82) is 0 Å². The third-order valence-corrected chi connectivity index (χ3v) is 7.49. The van der Waals surface area contributed by atoms with Crippen molar-refractivity contribution < 1.29 is 38.6 Å². The molecule has 0 aliphatic rings. The fourth-order valence-electron chi connectivity index (χ4n) is 5.15. The molecule has 1 atom stereocenters. The van der Waals surface area contributed by atoms with E-state index in [-0.39, 0.29) is 30.6 Å². The lowest BCUT2D eigenvalue weighted by atomic mass is 10.0. The van der Waals surface area contributed by atoms with Crippen LogP contribution in [0.3, 0.4) is 0 Å². The number of carbonyl (C=O) groups is 5. The van der Waals surface area contributed by atoms with E-state index in [1.165, 1.54) is 6.20 Å². The van der Waals surface area contributed by atoms with Gasteiger partial charge in [-0.25, -0.2) is 14.6 Å². The average molecular weight is 727 g/mol. The summed E-state index contributed by atoms with van der Waals surface area (Å²) in [5.74, 6) is -1.82. The Morgan fingerprint density at radius 2 is 1.49 bits per heavy atom. The molecule has 0 bridgehead atoms. The average Bonchev–Trinajstić information content (AvgIpc) is 3.06. The highest BCUT2D eigenvalue weighted by Crippen LogP contribution is 2.31. The van der Waals surface area contributed by atoms with Crippen molar-refractivity contribution >= 4 is 57.9 Å². The minimum atomic E-state index is -1.12. The van der Waals surface area contributed by atoms with Crippen LogP contribution in [0, 0.1) is 0 Å². The van der Waals surface area contributed by atoms with Crippen molar-refractivity contribution in [3.05, 3.63) is 95.7 Å². The van der Waals surface area contributed by atoms with Crippen molar-refractivity contribution in [1.82, 2.24) is 15.6 Å². The highest BCUT2D eigenvalue weighted by molar-refractivity contribution is 6.14. The summed E-state index contributed by atoms with van der Waals surface area (Å²) >= 11 is 0. The maximum atomic E-state index is 13.8. The maximum absolute atomic E-state index is 13.8. The molecule has 0 radical (unpaired) electrons. The van der Waals surface area contributed by atoms with Crippen molar-refractivity contribution in [3.63, 3.8) is 0 Å². The number of benzene rings is 3. The first-order chi connectivity index (χ1) is 24.9. The number of ether oxygens (including phenoxy) is 2. The normalized spacial score (nSPS) is 12.0. The third-order valence-electron chi connectivity index (χ3n) is 7.49. The summed E-state index contributed by atoms with van der Waals surface area (Å²) in [6.07, 6.45) is 0.0307. The molecule has 4 rings (SSSR count). The predicted octanol–water partition coefficient (Wildman–Crippen LogP) is 6.10. The van der Waals surface area contributed by atoms with Gasteiger partial charge in [0.2, 0.25) is 11.8 Å². The van der Waals surface area contributed by atoms with Gasteiger partial charge >= 0.3 is 18.2 Å². The minimum absolute atomic E-state index is 0.0150. The van der Waals surface area contributed by atoms with E-state index < -0.39 is 41.9 Å². The van der Waals surface area contributed by atoms with Gasteiger partial charge in [0.15, 0.2) is 5.82 Å². The molecule has 0 spiro atoms. The first-order valence-electron chi connectivity index (χ1n) is 17.0. The van der Waals surface area contributed by atoms with Gasteiger partial charge in [-0.3, -0.25) is 14.4 Å². The first kappa shape index (κ1) is 39.6. The molecule has 4 amide bonds. The molecule has 1 heterocycles. The predicted molar refractivity (Wildman–Crippen MR) is 201 cm³/mol. The van der Waals surface area contributed by atoms with Crippen LogP contribution >= 0.6 is 0 Å². The molecule has 0 saturated carbocycles. The van der Waals surface area contributed by atoms with Gasteiger partial charge in [-0.2, -0.15) is 4.90 Å². The second-order valence-corrected chi connectivity index (χ2v) is 14.3. The summed E-state index contributed by atoms with van der Waals surface area (Å²) in [6, 6.07) is 20.4. The Morgan fingerprint density at radius 1 is 0.830 bits per heavy atom. The van der Waals surface area contributed by atoms with Gasteiger partial charge in [0, 0.05) is 35.9 Å². The summed E-state index contributed by atoms with van der Waals surface area (Å²) in [7, 11) is 0. The molecule has 280 valence electrons. The van der Waals surface area contributed by atoms with Crippen LogP contribution in [0.25, 0.3) is 10.8 Å². The highest BCUT2D eigenvalue weighted by atomic mass is 16.6. The summed E-state index contributed by atoms with van der Waals surface area (Å²) in [6.45, 7) is 9.89. The second-order valence-electron chi connectivity index (χ2n) is 14.3. The number of fused-ring (bicyclic) bond motifs is 1. The van der Waals surface area contributed by atoms with E-state index in [2.05, 4.69) is 20.9 Å². The summed E-state index contributed by atoms with van der Waals surface area (Å²) in [5.41, 5.74) is 7.52. The van der Waals surface area contributed by atoms with Crippen LogP contribution in [0.2, 0.25) is 0 Å². The number of nitrogens with two attached hydrogens (primary N) is 1. The summed E-state index contributed by atoms with van der Waals surface area (Å²) in [5, 5.41) is 18.5. The Balaban J connectivity index is 1.64. The number of nitrogen functional groups attached to an aromatic ring is 1. The number of aryl methyl sites for hydroxylation is 1. The molecule has 0 aliphatic carbocycles. The lowest BCUT2D eigenvalue weighted by Gasteiger charge is -2.28. The van der Waals surface area contributed by atoms with E-state index in [0.29, 0.717) is 34.1 Å². The van der Waals surface area contributed by atoms with Crippen molar-refractivity contribution in [3.8, 4) is 0 Å². The van der Waals surface area contributed by atoms with Gasteiger partial charge in [0.05, 0.1) is 0 Å². The molecule has 53 heavy (non-hydrogen) atoms. The summed E-state index contributed by atoms with van der Waals surface area (Å²) < 4.78 is 11.1. The van der Waals surface area contributed by atoms with E-state index in [0.717, 1.165) is 16.0 Å². The smallest absolute Gasteiger partial charge is 0.425 e. The lowest BCUT2D eigenvalue weighted by molar-refractivity contribution is -0.137. The lowest BCUT2D eigenvalue weighted by Crippen LogP contribution is -2.44. The number of amides is 4. The number of rotatable bonds is 12. The van der Waals surface area contributed by atoms with Gasteiger partial charge in [-0.05, 0) is 106 Å². The zero-order valence-corrected chi connectivity index (χ0v) is 30.7. The van der Waals surface area contributed by atoms with E-state index in [1.54, 1.807) is 108 Å². The topological polar surface area (TPSA) is 202 Å². The number of anilines is 3. The molecule has 6 N–H and O–H groups in total. The van der Waals surface area contributed by atoms with E-state index >= 15 is 0 Å². The molecule has 0 fully saturated rings.